The molecule has 1 aliphatic carbocycles. The molecule has 1 N–H and O–H groups in total. The molecular weight excluding hydrogens is 260 g/mol. The maximum Gasteiger partial charge on any atom is 0.0615 e. The molecule has 1 atom stereocenters. The number of nitrogens with zero attached hydrogens (tertiary/aromatic N) is 1. The van der Waals surface area contributed by atoms with E-state index < -0.39 is 0 Å². The summed E-state index contributed by atoms with van der Waals surface area (Å²) >= 11 is 0. The standard InChI is InChI=1S/C18H38N2O/c1-16(2)12-19-14-18(10-8-6-7-9-11-18)15-20(4)17(3)13-21-5/h16-17,19H,6-15H2,1-5H3. The molecule has 0 spiro atoms. The molecule has 1 fully saturated rings. The van der Waals surface area contributed by atoms with Crippen LogP contribution >= 0.6 is 0 Å². The molecular formula is C18H38N2O. The molecule has 3 heteroatoms. The maximum absolute atomic E-state index is 5.33. The molecule has 0 radical (unpaired) electrons. The van der Waals surface area contributed by atoms with Crippen molar-refractivity contribution in [2.24, 2.45) is 11.3 Å². The number of nitrogens with one attached hydrogen (secondary N) is 1. The van der Waals surface area contributed by atoms with Crippen molar-refractivity contribution >= 4 is 0 Å². The lowest BCUT2D eigenvalue weighted by Gasteiger charge is -2.39. The summed E-state index contributed by atoms with van der Waals surface area (Å²) in [5.41, 5.74) is 0.460. The van der Waals surface area contributed by atoms with E-state index in [9.17, 15) is 0 Å². The van der Waals surface area contributed by atoms with Gasteiger partial charge in [-0.05, 0) is 44.7 Å². The summed E-state index contributed by atoms with van der Waals surface area (Å²) in [5.74, 6) is 0.734. The van der Waals surface area contributed by atoms with Crippen molar-refractivity contribution in [1.29, 1.82) is 0 Å². The van der Waals surface area contributed by atoms with Crippen molar-refractivity contribution < 1.29 is 4.74 Å². The van der Waals surface area contributed by atoms with Gasteiger partial charge in [-0.15, -0.1) is 0 Å². The van der Waals surface area contributed by atoms with Crippen LogP contribution in [0.1, 0.15) is 59.3 Å². The van der Waals surface area contributed by atoms with Crippen molar-refractivity contribution in [2.45, 2.75) is 65.3 Å². The zero-order valence-corrected chi connectivity index (χ0v) is 15.1. The van der Waals surface area contributed by atoms with Crippen molar-refractivity contribution in [3.8, 4) is 0 Å². The summed E-state index contributed by atoms with van der Waals surface area (Å²) < 4.78 is 5.33. The fourth-order valence-electron chi connectivity index (χ4n) is 3.55. The van der Waals surface area contributed by atoms with Crippen LogP contribution in [-0.4, -0.2) is 51.3 Å². The van der Waals surface area contributed by atoms with Crippen LogP contribution in [0.4, 0.5) is 0 Å². The van der Waals surface area contributed by atoms with Gasteiger partial charge in [-0.25, -0.2) is 0 Å². The van der Waals surface area contributed by atoms with Crippen LogP contribution in [0.15, 0.2) is 0 Å². The van der Waals surface area contributed by atoms with Gasteiger partial charge in [-0.3, -0.25) is 0 Å². The minimum absolute atomic E-state index is 0.460. The first-order valence-electron chi connectivity index (χ1n) is 8.89. The predicted octanol–water partition coefficient (Wildman–Crippen LogP) is 3.54. The Morgan fingerprint density at radius 1 is 1.10 bits per heavy atom. The lowest BCUT2D eigenvalue weighted by Crippen LogP contribution is -2.46. The number of methoxy groups -OCH3 is 1. The number of rotatable bonds is 9. The second-order valence-corrected chi connectivity index (χ2v) is 7.66. The fourth-order valence-corrected chi connectivity index (χ4v) is 3.55. The summed E-state index contributed by atoms with van der Waals surface area (Å²) in [5, 5.41) is 3.74. The summed E-state index contributed by atoms with van der Waals surface area (Å²) in [6.45, 7) is 11.2. The molecule has 1 unspecified atom stereocenters. The topological polar surface area (TPSA) is 24.5 Å². The van der Waals surface area contributed by atoms with Gasteiger partial charge >= 0.3 is 0 Å². The van der Waals surface area contributed by atoms with Gasteiger partial charge in [0.2, 0.25) is 0 Å². The average molecular weight is 299 g/mol. The Labute approximate surface area is 132 Å². The molecule has 0 saturated heterocycles. The molecule has 1 rings (SSSR count). The molecule has 0 bridgehead atoms. The van der Waals surface area contributed by atoms with E-state index in [-0.39, 0.29) is 0 Å². The Hall–Kier alpha value is -0.120. The lowest BCUT2D eigenvalue weighted by molar-refractivity contribution is 0.0721. The quantitative estimate of drug-likeness (QED) is 0.659. The molecule has 0 aromatic carbocycles. The van der Waals surface area contributed by atoms with Gasteiger partial charge < -0.3 is 15.0 Å². The van der Waals surface area contributed by atoms with Gasteiger partial charge in [-0.1, -0.05) is 39.5 Å². The van der Waals surface area contributed by atoms with Gasteiger partial charge in [0.15, 0.2) is 0 Å². The maximum atomic E-state index is 5.33. The lowest BCUT2D eigenvalue weighted by atomic mass is 9.79. The minimum Gasteiger partial charge on any atom is -0.383 e. The number of likely N-dealkylation sites (N-methyl/N-ethyl adjacent to an activating group) is 1. The summed E-state index contributed by atoms with van der Waals surface area (Å²) in [6.07, 6.45) is 8.39. The smallest absolute Gasteiger partial charge is 0.0615 e. The Bertz CT molecular complexity index is 260. The normalized spacial score (nSPS) is 20.7. The third-order valence-electron chi connectivity index (χ3n) is 4.96. The third-order valence-corrected chi connectivity index (χ3v) is 4.96. The van der Waals surface area contributed by atoms with Crippen molar-refractivity contribution in [3.63, 3.8) is 0 Å². The van der Waals surface area contributed by atoms with E-state index in [1.165, 1.54) is 51.6 Å². The molecule has 126 valence electrons. The molecule has 0 aliphatic heterocycles. The number of hydrogen-bond donors (Lipinski definition) is 1. The van der Waals surface area contributed by atoms with Gasteiger partial charge in [0.1, 0.15) is 0 Å². The minimum atomic E-state index is 0.460. The van der Waals surface area contributed by atoms with Crippen molar-refractivity contribution in [3.05, 3.63) is 0 Å². The highest BCUT2D eigenvalue weighted by Gasteiger charge is 2.32. The third kappa shape index (κ3) is 7.12. The van der Waals surface area contributed by atoms with E-state index in [0.717, 1.165) is 19.1 Å². The van der Waals surface area contributed by atoms with E-state index in [1.54, 1.807) is 7.11 Å². The second kappa shape index (κ2) is 9.81. The van der Waals surface area contributed by atoms with E-state index in [4.69, 9.17) is 4.74 Å². The van der Waals surface area contributed by atoms with Gasteiger partial charge in [0.05, 0.1) is 6.61 Å². The molecule has 0 aromatic heterocycles. The van der Waals surface area contributed by atoms with Gasteiger partial charge in [0, 0.05) is 26.2 Å². The molecule has 0 aromatic rings. The Morgan fingerprint density at radius 3 is 2.24 bits per heavy atom. The average Bonchev–Trinajstić information content (AvgIpc) is 2.64. The van der Waals surface area contributed by atoms with Crippen LogP contribution in [0.3, 0.4) is 0 Å². The Balaban J connectivity index is 2.61. The molecule has 1 aliphatic rings. The fraction of sp³-hybridized carbons (Fsp3) is 1.00. The Morgan fingerprint density at radius 2 is 1.71 bits per heavy atom. The first-order chi connectivity index (χ1) is 9.99. The highest BCUT2D eigenvalue weighted by atomic mass is 16.5. The SMILES string of the molecule is COCC(C)N(C)CC1(CNCC(C)C)CCCCCC1. The number of hydrogen-bond acceptors (Lipinski definition) is 3. The van der Waals surface area contributed by atoms with Crippen LogP contribution in [0.25, 0.3) is 0 Å². The van der Waals surface area contributed by atoms with Crippen LogP contribution in [0.2, 0.25) is 0 Å². The predicted molar refractivity (Wildman–Crippen MR) is 91.8 cm³/mol. The highest BCUT2D eigenvalue weighted by molar-refractivity contribution is 4.87. The first kappa shape index (κ1) is 18.9. The zero-order chi connectivity index (χ0) is 15.7. The van der Waals surface area contributed by atoms with Gasteiger partial charge in [0.25, 0.3) is 0 Å². The van der Waals surface area contributed by atoms with E-state index in [1.807, 2.05) is 0 Å². The summed E-state index contributed by atoms with van der Waals surface area (Å²) in [7, 11) is 4.06. The molecule has 0 heterocycles. The molecule has 3 nitrogen and oxygen atoms in total. The van der Waals surface area contributed by atoms with E-state index in [0.29, 0.717) is 11.5 Å². The van der Waals surface area contributed by atoms with Crippen molar-refractivity contribution in [1.82, 2.24) is 10.2 Å². The summed E-state index contributed by atoms with van der Waals surface area (Å²) in [4.78, 5) is 2.51. The zero-order valence-electron chi connectivity index (χ0n) is 15.1. The summed E-state index contributed by atoms with van der Waals surface area (Å²) in [6, 6.07) is 0.500. The largest absolute Gasteiger partial charge is 0.383 e. The molecule has 0 amide bonds. The molecule has 1 saturated carbocycles. The number of ether oxygens (including phenoxy) is 1. The second-order valence-electron chi connectivity index (χ2n) is 7.66. The van der Waals surface area contributed by atoms with Crippen LogP contribution in [0.5, 0.6) is 0 Å². The highest BCUT2D eigenvalue weighted by Crippen LogP contribution is 2.35. The van der Waals surface area contributed by atoms with Gasteiger partial charge in [-0.2, -0.15) is 0 Å². The Kier molecular flexibility index (Phi) is 8.84. The van der Waals surface area contributed by atoms with Crippen LogP contribution in [-0.2, 0) is 4.74 Å². The molecule has 21 heavy (non-hydrogen) atoms. The van der Waals surface area contributed by atoms with Crippen LogP contribution in [0, 0.1) is 11.3 Å². The first-order valence-corrected chi connectivity index (χ1v) is 8.89. The monoisotopic (exact) mass is 298 g/mol. The van der Waals surface area contributed by atoms with E-state index in [2.05, 4.69) is 38.0 Å². The van der Waals surface area contributed by atoms with Crippen molar-refractivity contribution in [2.75, 3.05) is 40.4 Å². The van der Waals surface area contributed by atoms with Crippen LogP contribution < -0.4 is 5.32 Å². The van der Waals surface area contributed by atoms with E-state index >= 15 is 0 Å².